The van der Waals surface area contributed by atoms with E-state index in [1.54, 1.807) is 4.68 Å². The minimum absolute atomic E-state index is 0.295. The molecule has 108 valence electrons. The zero-order chi connectivity index (χ0) is 14.3. The maximum Gasteiger partial charge on any atom is 0.311 e. The second kappa shape index (κ2) is 7.18. The zero-order valence-corrected chi connectivity index (χ0v) is 11.8. The van der Waals surface area contributed by atoms with Crippen molar-refractivity contribution in [3.63, 3.8) is 0 Å². The van der Waals surface area contributed by atoms with Crippen LogP contribution in [-0.2, 0) is 22.5 Å². The van der Waals surface area contributed by atoms with Crippen LogP contribution in [0.3, 0.4) is 0 Å². The molecule has 0 fully saturated rings. The molecule has 0 amide bonds. The topological polar surface area (TPSA) is 90.1 Å². The van der Waals surface area contributed by atoms with E-state index in [2.05, 4.69) is 15.5 Å². The number of carboxylic acids is 1. The number of aliphatic carboxylic acids is 1. The first-order valence-corrected chi connectivity index (χ1v) is 6.65. The molecule has 1 aromatic heterocycles. The van der Waals surface area contributed by atoms with E-state index in [9.17, 15) is 9.90 Å². The Labute approximate surface area is 112 Å². The smallest absolute Gasteiger partial charge is 0.311 e. The molecule has 0 radical (unpaired) electrons. The van der Waals surface area contributed by atoms with Gasteiger partial charge in [-0.2, -0.15) is 0 Å². The number of rotatable bonds is 9. The van der Waals surface area contributed by atoms with Crippen molar-refractivity contribution in [1.82, 2.24) is 20.2 Å². The van der Waals surface area contributed by atoms with Crippen molar-refractivity contribution < 1.29 is 14.6 Å². The molecule has 0 aliphatic rings. The largest absolute Gasteiger partial charge is 0.481 e. The van der Waals surface area contributed by atoms with E-state index >= 15 is 0 Å². The van der Waals surface area contributed by atoms with Gasteiger partial charge in [0.25, 0.3) is 0 Å². The number of hydrogen-bond donors (Lipinski definition) is 1. The van der Waals surface area contributed by atoms with Crippen molar-refractivity contribution in [2.45, 2.75) is 46.6 Å². The first kappa shape index (κ1) is 15.6. The highest BCUT2D eigenvalue weighted by Crippen LogP contribution is 2.29. The van der Waals surface area contributed by atoms with Gasteiger partial charge < -0.3 is 9.84 Å². The average Bonchev–Trinajstić information content (AvgIpc) is 2.83. The fraction of sp³-hybridized carbons (Fsp3) is 0.833. The molecule has 1 aromatic rings. The lowest BCUT2D eigenvalue weighted by molar-refractivity contribution is -0.150. The van der Waals surface area contributed by atoms with Crippen LogP contribution in [0.15, 0.2) is 0 Å². The summed E-state index contributed by atoms with van der Waals surface area (Å²) in [7, 11) is 0. The molecule has 7 nitrogen and oxygen atoms in total. The molecule has 7 heteroatoms. The summed E-state index contributed by atoms with van der Waals surface area (Å²) >= 11 is 0. The number of carbonyl (C=O) groups is 1. The van der Waals surface area contributed by atoms with E-state index in [4.69, 9.17) is 4.74 Å². The van der Waals surface area contributed by atoms with Crippen LogP contribution in [0.5, 0.6) is 0 Å². The predicted molar refractivity (Wildman–Crippen MR) is 68.7 cm³/mol. The molecule has 1 N–H and O–H groups in total. The maximum atomic E-state index is 11.5. The van der Waals surface area contributed by atoms with Crippen LogP contribution in [0, 0.1) is 5.41 Å². The van der Waals surface area contributed by atoms with Crippen LogP contribution in [0.25, 0.3) is 0 Å². The summed E-state index contributed by atoms with van der Waals surface area (Å²) in [6.45, 7) is 7.15. The number of nitrogens with zero attached hydrogens (tertiary/aromatic N) is 4. The van der Waals surface area contributed by atoms with Gasteiger partial charge in [-0.05, 0) is 30.2 Å². The molecule has 19 heavy (non-hydrogen) atoms. The van der Waals surface area contributed by atoms with E-state index in [0.29, 0.717) is 44.8 Å². The van der Waals surface area contributed by atoms with E-state index in [0.717, 1.165) is 0 Å². The molecular formula is C12H22N4O3. The Hall–Kier alpha value is -1.50. The highest BCUT2D eigenvalue weighted by molar-refractivity contribution is 5.74. The quantitative estimate of drug-likeness (QED) is 0.677. The molecule has 0 spiro atoms. The highest BCUT2D eigenvalue weighted by Gasteiger charge is 2.36. The molecule has 0 saturated heterocycles. The standard InChI is InChI=1S/C12H22N4O3/c1-4-12(5-2,11(17)18)9-16-10(13-14-15-16)7-8-19-6-3/h4-9H2,1-3H3,(H,17,18). The molecule has 0 aliphatic carbocycles. The van der Waals surface area contributed by atoms with Crippen LogP contribution >= 0.6 is 0 Å². The minimum Gasteiger partial charge on any atom is -0.481 e. The Morgan fingerprint density at radius 2 is 2.05 bits per heavy atom. The summed E-state index contributed by atoms with van der Waals surface area (Å²) in [5.74, 6) is -0.135. The number of hydrogen-bond acceptors (Lipinski definition) is 5. The third-order valence-electron chi connectivity index (χ3n) is 3.54. The normalized spacial score (nSPS) is 11.7. The lowest BCUT2D eigenvalue weighted by Crippen LogP contribution is -2.35. The number of carboxylic acid groups (broad SMARTS) is 1. The molecule has 0 unspecified atom stereocenters. The van der Waals surface area contributed by atoms with Gasteiger partial charge in [0.1, 0.15) is 0 Å². The van der Waals surface area contributed by atoms with E-state index in [1.165, 1.54) is 0 Å². The summed E-state index contributed by atoms with van der Waals surface area (Å²) < 4.78 is 6.85. The molecule has 1 heterocycles. The third kappa shape index (κ3) is 3.73. The second-order valence-corrected chi connectivity index (χ2v) is 4.49. The second-order valence-electron chi connectivity index (χ2n) is 4.49. The molecule has 0 aliphatic heterocycles. The first-order chi connectivity index (χ1) is 9.09. The summed E-state index contributed by atoms with van der Waals surface area (Å²) in [5, 5.41) is 20.9. The molecule has 1 rings (SSSR count). The van der Waals surface area contributed by atoms with Crippen LogP contribution in [0.2, 0.25) is 0 Å². The molecule has 0 bridgehead atoms. The van der Waals surface area contributed by atoms with Crippen LogP contribution in [-0.4, -0.2) is 44.5 Å². The fourth-order valence-electron chi connectivity index (χ4n) is 1.96. The Kier molecular flexibility index (Phi) is 5.88. The zero-order valence-electron chi connectivity index (χ0n) is 11.8. The Bertz CT molecular complexity index is 401. The van der Waals surface area contributed by atoms with Gasteiger partial charge in [0, 0.05) is 13.0 Å². The number of aromatic nitrogens is 4. The van der Waals surface area contributed by atoms with E-state index < -0.39 is 11.4 Å². The van der Waals surface area contributed by atoms with Crippen molar-refractivity contribution >= 4 is 5.97 Å². The highest BCUT2D eigenvalue weighted by atomic mass is 16.5. The summed E-state index contributed by atoms with van der Waals surface area (Å²) in [6, 6.07) is 0. The van der Waals surface area contributed by atoms with Gasteiger partial charge in [0.2, 0.25) is 0 Å². The van der Waals surface area contributed by atoms with Gasteiger partial charge in [-0.25, -0.2) is 4.68 Å². The van der Waals surface area contributed by atoms with Gasteiger partial charge in [-0.1, -0.05) is 13.8 Å². The molecule has 0 aromatic carbocycles. The molecular weight excluding hydrogens is 248 g/mol. The lowest BCUT2D eigenvalue weighted by atomic mass is 9.82. The SMILES string of the molecule is CCOCCc1nnnn1CC(CC)(CC)C(=O)O. The van der Waals surface area contributed by atoms with Crippen molar-refractivity contribution in [1.29, 1.82) is 0 Å². The molecule has 0 saturated carbocycles. The van der Waals surface area contributed by atoms with Crippen molar-refractivity contribution in [3.8, 4) is 0 Å². The Morgan fingerprint density at radius 3 is 2.58 bits per heavy atom. The average molecular weight is 270 g/mol. The van der Waals surface area contributed by atoms with Crippen LogP contribution in [0.4, 0.5) is 0 Å². The van der Waals surface area contributed by atoms with Crippen molar-refractivity contribution in [2.24, 2.45) is 5.41 Å². The summed E-state index contributed by atoms with van der Waals surface area (Å²) in [4.78, 5) is 11.5. The van der Waals surface area contributed by atoms with Crippen molar-refractivity contribution in [3.05, 3.63) is 5.82 Å². The Balaban J connectivity index is 2.80. The minimum atomic E-state index is -0.810. The summed E-state index contributed by atoms with van der Waals surface area (Å²) in [6.07, 6.45) is 1.68. The lowest BCUT2D eigenvalue weighted by Gasteiger charge is -2.26. The number of tetrazole rings is 1. The van der Waals surface area contributed by atoms with Gasteiger partial charge in [0.05, 0.1) is 18.6 Å². The third-order valence-corrected chi connectivity index (χ3v) is 3.54. The van der Waals surface area contributed by atoms with E-state index in [1.807, 2.05) is 20.8 Å². The van der Waals surface area contributed by atoms with Gasteiger partial charge in [-0.3, -0.25) is 4.79 Å². The van der Waals surface area contributed by atoms with Crippen LogP contribution < -0.4 is 0 Å². The van der Waals surface area contributed by atoms with Gasteiger partial charge in [0.15, 0.2) is 5.82 Å². The maximum absolute atomic E-state index is 11.5. The van der Waals surface area contributed by atoms with E-state index in [-0.39, 0.29) is 0 Å². The van der Waals surface area contributed by atoms with Crippen molar-refractivity contribution in [2.75, 3.05) is 13.2 Å². The Morgan fingerprint density at radius 1 is 1.37 bits per heavy atom. The first-order valence-electron chi connectivity index (χ1n) is 6.65. The molecule has 0 atom stereocenters. The predicted octanol–water partition coefficient (Wildman–Crippen LogP) is 1.14. The fourth-order valence-corrected chi connectivity index (χ4v) is 1.96. The monoisotopic (exact) mass is 270 g/mol. The van der Waals surface area contributed by atoms with Crippen LogP contribution in [0.1, 0.15) is 39.4 Å². The summed E-state index contributed by atoms with van der Waals surface area (Å²) in [5.41, 5.74) is -0.810. The van der Waals surface area contributed by atoms with Gasteiger partial charge in [-0.15, -0.1) is 5.10 Å². The number of ether oxygens (including phenoxy) is 1. The van der Waals surface area contributed by atoms with Gasteiger partial charge >= 0.3 is 5.97 Å².